The molecule has 5 amide bonds. The van der Waals surface area contributed by atoms with Gasteiger partial charge < -0.3 is 26.6 Å². The van der Waals surface area contributed by atoms with E-state index in [9.17, 15) is 28.8 Å². The molecule has 0 spiro atoms. The Morgan fingerprint density at radius 2 is 1.54 bits per heavy atom. The van der Waals surface area contributed by atoms with Crippen LogP contribution in [0.4, 0.5) is 0 Å². The normalized spacial score (nSPS) is 18.3. The highest BCUT2D eigenvalue weighted by Gasteiger charge is 2.33. The number of rotatable bonds is 18. The summed E-state index contributed by atoms with van der Waals surface area (Å²) >= 11 is 0. The second-order valence-electron chi connectivity index (χ2n) is 12.6. The highest BCUT2D eigenvalue weighted by atomic mass is 16.2. The Balaban J connectivity index is 1.97. The Hall–Kier alpha value is -4.16. The summed E-state index contributed by atoms with van der Waals surface area (Å²) < 4.78 is 0. The molecule has 0 saturated carbocycles. The maximum Gasteiger partial charge on any atom is 0.289 e. The van der Waals surface area contributed by atoms with Gasteiger partial charge in [-0.15, -0.1) is 0 Å². The van der Waals surface area contributed by atoms with Crippen molar-refractivity contribution in [3.05, 3.63) is 36.4 Å². The SMILES string of the molecule is CCCC(NC(=O)C[C@H]1CC=C[C@H]1CNC(=O)[C@@H](NC(=O)[C@H](NC(=O)c1cnccn1)C(C)C)C(C)C)C(=O)C(=O)N[C@@H](C)CC. The van der Waals surface area contributed by atoms with Crippen LogP contribution >= 0.6 is 0 Å². The van der Waals surface area contributed by atoms with Crippen molar-refractivity contribution >= 4 is 35.3 Å². The molecule has 1 aromatic heterocycles. The molecule has 13 nitrogen and oxygen atoms in total. The lowest BCUT2D eigenvalue weighted by molar-refractivity contribution is -0.140. The lowest BCUT2D eigenvalue weighted by Gasteiger charge is -2.28. The van der Waals surface area contributed by atoms with E-state index in [2.05, 4.69) is 36.6 Å². The Labute approximate surface area is 271 Å². The van der Waals surface area contributed by atoms with Crippen LogP contribution in [0.15, 0.2) is 30.7 Å². The average Bonchev–Trinajstić information content (AvgIpc) is 3.46. The van der Waals surface area contributed by atoms with Gasteiger partial charge in [0.2, 0.25) is 23.5 Å². The van der Waals surface area contributed by atoms with Gasteiger partial charge >= 0.3 is 0 Å². The molecule has 0 radical (unpaired) electrons. The van der Waals surface area contributed by atoms with Crippen molar-refractivity contribution in [2.45, 2.75) is 105 Å². The molecule has 46 heavy (non-hydrogen) atoms. The van der Waals surface area contributed by atoms with Crippen LogP contribution < -0.4 is 26.6 Å². The predicted octanol–water partition coefficient (Wildman–Crippen LogP) is 1.84. The van der Waals surface area contributed by atoms with E-state index in [0.29, 0.717) is 25.7 Å². The zero-order valence-electron chi connectivity index (χ0n) is 28.1. The fraction of sp³-hybridized carbons (Fsp3) is 0.636. The number of hydrogen-bond acceptors (Lipinski definition) is 8. The van der Waals surface area contributed by atoms with Crippen LogP contribution in [0.25, 0.3) is 0 Å². The van der Waals surface area contributed by atoms with E-state index >= 15 is 0 Å². The van der Waals surface area contributed by atoms with Crippen LogP contribution in [-0.2, 0) is 24.0 Å². The van der Waals surface area contributed by atoms with Gasteiger partial charge in [0.05, 0.1) is 12.2 Å². The van der Waals surface area contributed by atoms with Crippen molar-refractivity contribution in [3.8, 4) is 0 Å². The molecule has 0 bridgehead atoms. The first kappa shape index (κ1) is 38.0. The Bertz CT molecular complexity index is 1240. The van der Waals surface area contributed by atoms with E-state index in [1.165, 1.54) is 18.6 Å². The number of hydrogen-bond donors (Lipinski definition) is 5. The molecule has 1 unspecified atom stereocenters. The smallest absolute Gasteiger partial charge is 0.289 e. The molecule has 0 aliphatic heterocycles. The van der Waals surface area contributed by atoms with Crippen molar-refractivity contribution < 1.29 is 28.8 Å². The first-order chi connectivity index (χ1) is 21.8. The highest BCUT2D eigenvalue weighted by Crippen LogP contribution is 2.28. The summed E-state index contributed by atoms with van der Waals surface area (Å²) in [4.78, 5) is 85.1. The molecular weight excluding hydrogens is 590 g/mol. The lowest BCUT2D eigenvalue weighted by atomic mass is 9.91. The number of nitrogens with zero attached hydrogens (tertiary/aromatic N) is 2. The second kappa shape index (κ2) is 18.7. The topological polar surface area (TPSA) is 188 Å². The number of nitrogens with one attached hydrogen (secondary N) is 5. The number of allylic oxidation sites excluding steroid dienone is 1. The standard InChI is InChI=1S/C33H51N7O6/c1-8-11-24(29(42)33(46)37-21(7)9-2)38-26(41)16-22-12-10-13-23(22)17-36-31(44)27(19(3)4)40-32(45)28(20(5)6)39-30(43)25-18-34-14-15-35-25/h10,13-15,18-24,27-28H,8-9,11-12,16-17H2,1-7H3,(H,36,44)(H,37,46)(H,38,41)(H,39,43)(H,40,45)/t21-,22+,23-,24?,27-,28+/m0/s1. The third-order valence-electron chi connectivity index (χ3n) is 8.11. The summed E-state index contributed by atoms with van der Waals surface area (Å²) in [5.74, 6) is -3.87. The van der Waals surface area contributed by atoms with Crippen LogP contribution in [0, 0.1) is 23.7 Å². The summed E-state index contributed by atoms with van der Waals surface area (Å²) in [6.07, 6.45) is 10.4. The first-order valence-corrected chi connectivity index (χ1v) is 16.2. The van der Waals surface area contributed by atoms with E-state index in [-0.39, 0.29) is 60.2 Å². The fourth-order valence-electron chi connectivity index (χ4n) is 5.11. The average molecular weight is 642 g/mol. The van der Waals surface area contributed by atoms with Crippen LogP contribution in [0.5, 0.6) is 0 Å². The fourth-order valence-corrected chi connectivity index (χ4v) is 5.11. The lowest BCUT2D eigenvalue weighted by Crippen LogP contribution is -2.57. The van der Waals surface area contributed by atoms with Crippen molar-refractivity contribution in [3.63, 3.8) is 0 Å². The predicted molar refractivity (Wildman–Crippen MR) is 173 cm³/mol. The van der Waals surface area contributed by atoms with Gasteiger partial charge in [-0.2, -0.15) is 0 Å². The molecule has 13 heteroatoms. The molecule has 1 aliphatic rings. The van der Waals surface area contributed by atoms with Crippen molar-refractivity contribution in [1.82, 2.24) is 36.6 Å². The third-order valence-corrected chi connectivity index (χ3v) is 8.11. The van der Waals surface area contributed by atoms with Gasteiger partial charge in [0.15, 0.2) is 0 Å². The van der Waals surface area contributed by atoms with Gasteiger partial charge in [0.1, 0.15) is 17.8 Å². The quantitative estimate of drug-likeness (QED) is 0.119. The molecular formula is C33H51N7O6. The minimum Gasteiger partial charge on any atom is -0.354 e. The molecule has 1 heterocycles. The van der Waals surface area contributed by atoms with Gasteiger partial charge in [-0.05, 0) is 49.9 Å². The maximum absolute atomic E-state index is 13.3. The summed E-state index contributed by atoms with van der Waals surface area (Å²) in [6, 6.07) is -2.82. The second-order valence-corrected chi connectivity index (χ2v) is 12.6. The largest absolute Gasteiger partial charge is 0.354 e. The van der Waals surface area contributed by atoms with Gasteiger partial charge in [-0.25, -0.2) is 4.98 Å². The summed E-state index contributed by atoms with van der Waals surface area (Å²) in [5.41, 5.74) is 0.0755. The van der Waals surface area contributed by atoms with E-state index in [0.717, 1.165) is 0 Å². The molecule has 1 aromatic rings. The van der Waals surface area contributed by atoms with E-state index in [4.69, 9.17) is 0 Å². The van der Waals surface area contributed by atoms with Gasteiger partial charge in [-0.3, -0.25) is 33.8 Å². The number of carbonyl (C=O) groups excluding carboxylic acids is 6. The number of aromatic nitrogens is 2. The molecule has 1 aliphatic carbocycles. The third kappa shape index (κ3) is 11.6. The van der Waals surface area contributed by atoms with Gasteiger partial charge in [0.25, 0.3) is 11.8 Å². The van der Waals surface area contributed by atoms with Gasteiger partial charge in [-0.1, -0.05) is 60.1 Å². The van der Waals surface area contributed by atoms with E-state index < -0.39 is 41.6 Å². The monoisotopic (exact) mass is 641 g/mol. The van der Waals surface area contributed by atoms with Crippen LogP contribution in [0.1, 0.15) is 91.1 Å². The van der Waals surface area contributed by atoms with Crippen molar-refractivity contribution in [1.29, 1.82) is 0 Å². The van der Waals surface area contributed by atoms with E-state index in [1.807, 2.05) is 46.8 Å². The summed E-state index contributed by atoms with van der Waals surface area (Å²) in [7, 11) is 0. The summed E-state index contributed by atoms with van der Waals surface area (Å²) in [5, 5.41) is 13.8. The van der Waals surface area contributed by atoms with Crippen LogP contribution in [0.3, 0.4) is 0 Å². The highest BCUT2D eigenvalue weighted by molar-refractivity contribution is 6.38. The number of carbonyl (C=O) groups is 6. The maximum atomic E-state index is 13.3. The van der Waals surface area contributed by atoms with Crippen LogP contribution in [-0.4, -0.2) is 76.0 Å². The molecule has 0 saturated heterocycles. The molecule has 6 atom stereocenters. The van der Waals surface area contributed by atoms with E-state index in [1.54, 1.807) is 13.8 Å². The first-order valence-electron chi connectivity index (χ1n) is 16.2. The number of amides is 5. The minimum absolute atomic E-state index is 0.0755. The molecule has 0 fully saturated rings. The van der Waals surface area contributed by atoms with Crippen molar-refractivity contribution in [2.75, 3.05) is 6.54 Å². The Morgan fingerprint density at radius 3 is 2.13 bits per heavy atom. The van der Waals surface area contributed by atoms with Gasteiger partial charge in [0, 0.05) is 31.4 Å². The van der Waals surface area contributed by atoms with Crippen LogP contribution in [0.2, 0.25) is 0 Å². The molecule has 2 rings (SSSR count). The van der Waals surface area contributed by atoms with Crippen molar-refractivity contribution in [2.24, 2.45) is 23.7 Å². The Morgan fingerprint density at radius 1 is 0.870 bits per heavy atom. The molecule has 254 valence electrons. The number of Topliss-reactive ketones (excluding diaryl/α,β-unsaturated/α-hetero) is 1. The zero-order valence-corrected chi connectivity index (χ0v) is 28.1. The molecule has 0 aromatic carbocycles. The minimum atomic E-state index is -0.909. The Kier molecular flexibility index (Phi) is 15.5. The number of ketones is 1. The molecule has 5 N–H and O–H groups in total. The zero-order chi connectivity index (χ0) is 34.4. The summed E-state index contributed by atoms with van der Waals surface area (Å²) in [6.45, 7) is 13.0.